The smallest absolute Gasteiger partial charge is 0.354 e. The SMILES string of the molecule is COc1cnc(C(=O)O)cc1/C=C/C1CC2(CC2)C1. The zero-order valence-electron chi connectivity index (χ0n) is 10.9. The monoisotopic (exact) mass is 259 g/mol. The first-order chi connectivity index (χ1) is 9.12. The van der Waals surface area contributed by atoms with Crippen LogP contribution in [0.25, 0.3) is 6.08 Å². The van der Waals surface area contributed by atoms with Gasteiger partial charge in [-0.25, -0.2) is 9.78 Å². The standard InChI is InChI=1S/C15H17NO3/c1-19-13-9-16-12(14(17)18)6-11(13)3-2-10-7-15(8-10)4-5-15/h2-3,6,9-10H,4-5,7-8H2,1H3,(H,17,18)/b3-2+. The maximum absolute atomic E-state index is 10.9. The molecule has 0 atom stereocenters. The summed E-state index contributed by atoms with van der Waals surface area (Å²) in [5.41, 5.74) is 1.52. The largest absolute Gasteiger partial charge is 0.495 e. The van der Waals surface area contributed by atoms with Crippen molar-refractivity contribution >= 4 is 12.0 Å². The maximum atomic E-state index is 10.9. The van der Waals surface area contributed by atoms with E-state index in [0.29, 0.717) is 17.1 Å². The second-order valence-electron chi connectivity index (χ2n) is 5.64. The second-order valence-corrected chi connectivity index (χ2v) is 5.64. The van der Waals surface area contributed by atoms with Crippen LogP contribution in [-0.2, 0) is 0 Å². The summed E-state index contributed by atoms with van der Waals surface area (Å²) in [6.45, 7) is 0. The molecule has 19 heavy (non-hydrogen) atoms. The minimum atomic E-state index is -1.02. The fourth-order valence-corrected chi connectivity index (χ4v) is 2.89. The number of nitrogens with zero attached hydrogens (tertiary/aromatic N) is 1. The molecule has 2 fully saturated rings. The maximum Gasteiger partial charge on any atom is 0.354 e. The molecule has 0 aromatic carbocycles. The molecule has 1 aromatic rings. The minimum Gasteiger partial charge on any atom is -0.495 e. The van der Waals surface area contributed by atoms with Gasteiger partial charge in [-0.05, 0) is 43.1 Å². The van der Waals surface area contributed by atoms with Crippen LogP contribution >= 0.6 is 0 Å². The number of hydrogen-bond donors (Lipinski definition) is 1. The van der Waals surface area contributed by atoms with Crippen molar-refractivity contribution in [2.45, 2.75) is 25.7 Å². The van der Waals surface area contributed by atoms with Gasteiger partial charge in [0.15, 0.2) is 0 Å². The molecule has 2 aliphatic carbocycles. The van der Waals surface area contributed by atoms with E-state index in [1.807, 2.05) is 6.08 Å². The lowest BCUT2D eigenvalue weighted by molar-refractivity contribution is 0.0690. The third-order valence-electron chi connectivity index (χ3n) is 4.23. The molecule has 1 N–H and O–H groups in total. The molecule has 2 saturated carbocycles. The van der Waals surface area contributed by atoms with Crippen LogP contribution in [0.1, 0.15) is 41.7 Å². The highest BCUT2D eigenvalue weighted by atomic mass is 16.5. The van der Waals surface area contributed by atoms with Gasteiger partial charge in [-0.3, -0.25) is 0 Å². The van der Waals surface area contributed by atoms with Gasteiger partial charge in [0, 0.05) is 5.56 Å². The minimum absolute atomic E-state index is 0.0488. The van der Waals surface area contributed by atoms with Gasteiger partial charge in [0.25, 0.3) is 0 Å². The Morgan fingerprint density at radius 3 is 2.84 bits per heavy atom. The Bertz CT molecular complexity index is 538. The zero-order chi connectivity index (χ0) is 13.5. The average Bonchev–Trinajstić information content (AvgIpc) is 3.15. The van der Waals surface area contributed by atoms with Gasteiger partial charge in [-0.2, -0.15) is 0 Å². The number of aromatic nitrogens is 1. The number of rotatable bonds is 4. The van der Waals surface area contributed by atoms with Crippen LogP contribution < -0.4 is 4.74 Å². The van der Waals surface area contributed by atoms with Crippen LogP contribution in [0.4, 0.5) is 0 Å². The van der Waals surface area contributed by atoms with E-state index in [9.17, 15) is 4.79 Å². The summed E-state index contributed by atoms with van der Waals surface area (Å²) in [6, 6.07) is 1.56. The van der Waals surface area contributed by atoms with Gasteiger partial charge in [-0.15, -0.1) is 0 Å². The molecule has 0 radical (unpaired) electrons. The third kappa shape index (κ3) is 2.35. The van der Waals surface area contributed by atoms with Crippen molar-refractivity contribution in [2.75, 3.05) is 7.11 Å². The molecule has 0 unspecified atom stereocenters. The van der Waals surface area contributed by atoms with Crippen molar-refractivity contribution in [3.05, 3.63) is 29.6 Å². The topological polar surface area (TPSA) is 59.4 Å². The predicted molar refractivity (Wildman–Crippen MR) is 71.2 cm³/mol. The Morgan fingerprint density at radius 2 is 2.26 bits per heavy atom. The fraction of sp³-hybridized carbons (Fsp3) is 0.467. The highest BCUT2D eigenvalue weighted by molar-refractivity contribution is 5.86. The van der Waals surface area contributed by atoms with Crippen LogP contribution in [0.2, 0.25) is 0 Å². The van der Waals surface area contributed by atoms with Crippen LogP contribution in [0, 0.1) is 11.3 Å². The Labute approximate surface area is 112 Å². The Kier molecular flexibility index (Phi) is 2.81. The van der Waals surface area contributed by atoms with E-state index >= 15 is 0 Å². The molecule has 1 spiro atoms. The number of carbonyl (C=O) groups is 1. The number of carboxylic acid groups (broad SMARTS) is 1. The highest BCUT2D eigenvalue weighted by Gasteiger charge is 2.51. The molecular formula is C15H17NO3. The number of pyridine rings is 1. The van der Waals surface area contributed by atoms with Gasteiger partial charge in [0.2, 0.25) is 0 Å². The summed E-state index contributed by atoms with van der Waals surface area (Å²) >= 11 is 0. The van der Waals surface area contributed by atoms with Crippen molar-refractivity contribution < 1.29 is 14.6 Å². The number of hydrogen-bond acceptors (Lipinski definition) is 3. The molecule has 0 aliphatic heterocycles. The summed E-state index contributed by atoms with van der Waals surface area (Å²) in [5.74, 6) is 0.230. The molecule has 0 bridgehead atoms. The summed E-state index contributed by atoms with van der Waals surface area (Å²) in [7, 11) is 1.57. The highest BCUT2D eigenvalue weighted by Crippen LogP contribution is 2.63. The molecule has 0 saturated heterocycles. The van der Waals surface area contributed by atoms with Gasteiger partial charge < -0.3 is 9.84 Å². The lowest BCUT2D eigenvalue weighted by Crippen LogP contribution is -2.22. The molecule has 3 rings (SSSR count). The lowest BCUT2D eigenvalue weighted by atomic mass is 9.72. The van der Waals surface area contributed by atoms with E-state index in [0.717, 1.165) is 5.56 Å². The van der Waals surface area contributed by atoms with Crippen LogP contribution in [0.3, 0.4) is 0 Å². The van der Waals surface area contributed by atoms with Crippen molar-refractivity contribution in [2.24, 2.45) is 11.3 Å². The number of allylic oxidation sites excluding steroid dienone is 1. The third-order valence-corrected chi connectivity index (χ3v) is 4.23. The van der Waals surface area contributed by atoms with Crippen molar-refractivity contribution in [1.82, 2.24) is 4.98 Å². The molecule has 2 aliphatic rings. The van der Waals surface area contributed by atoms with Crippen LogP contribution in [-0.4, -0.2) is 23.2 Å². The van der Waals surface area contributed by atoms with Crippen molar-refractivity contribution in [3.63, 3.8) is 0 Å². The zero-order valence-corrected chi connectivity index (χ0v) is 10.9. The van der Waals surface area contributed by atoms with E-state index in [1.165, 1.54) is 31.9 Å². The summed E-state index contributed by atoms with van der Waals surface area (Å²) in [4.78, 5) is 14.8. The molecule has 0 amide bonds. The van der Waals surface area contributed by atoms with Crippen LogP contribution in [0.15, 0.2) is 18.3 Å². The first-order valence-corrected chi connectivity index (χ1v) is 6.57. The normalized spacial score (nSPS) is 20.5. The Balaban J connectivity index is 1.76. The first-order valence-electron chi connectivity index (χ1n) is 6.57. The van der Waals surface area contributed by atoms with Crippen LogP contribution in [0.5, 0.6) is 5.75 Å². The predicted octanol–water partition coefficient (Wildman–Crippen LogP) is 2.99. The van der Waals surface area contributed by atoms with Gasteiger partial charge in [-0.1, -0.05) is 12.2 Å². The summed E-state index contributed by atoms with van der Waals surface area (Å²) in [6.07, 6.45) is 10.9. The molecule has 1 heterocycles. The molecule has 100 valence electrons. The van der Waals surface area contributed by atoms with Crippen molar-refractivity contribution in [3.8, 4) is 5.75 Å². The van der Waals surface area contributed by atoms with Crippen molar-refractivity contribution in [1.29, 1.82) is 0 Å². The van der Waals surface area contributed by atoms with Gasteiger partial charge in [0.05, 0.1) is 13.3 Å². The lowest BCUT2D eigenvalue weighted by Gasteiger charge is -2.33. The van der Waals surface area contributed by atoms with E-state index in [-0.39, 0.29) is 5.69 Å². The average molecular weight is 259 g/mol. The molecule has 4 nitrogen and oxygen atoms in total. The molecule has 4 heteroatoms. The Hall–Kier alpha value is -1.84. The molecular weight excluding hydrogens is 242 g/mol. The van der Waals surface area contributed by atoms with Gasteiger partial charge >= 0.3 is 5.97 Å². The quantitative estimate of drug-likeness (QED) is 0.903. The number of methoxy groups -OCH3 is 1. The first kappa shape index (κ1) is 12.2. The van der Waals surface area contributed by atoms with E-state index in [4.69, 9.17) is 9.84 Å². The Morgan fingerprint density at radius 1 is 1.53 bits per heavy atom. The number of ether oxygens (including phenoxy) is 1. The number of aromatic carboxylic acids is 1. The molecule has 1 aromatic heterocycles. The van der Waals surface area contributed by atoms with Gasteiger partial charge in [0.1, 0.15) is 11.4 Å². The summed E-state index contributed by atoms with van der Waals surface area (Å²) < 4.78 is 5.21. The second kappa shape index (κ2) is 4.37. The van der Waals surface area contributed by atoms with E-state index in [1.54, 1.807) is 13.2 Å². The number of carboxylic acids is 1. The van der Waals surface area contributed by atoms with E-state index in [2.05, 4.69) is 11.1 Å². The fourth-order valence-electron chi connectivity index (χ4n) is 2.89. The summed E-state index contributed by atoms with van der Waals surface area (Å²) in [5, 5.41) is 8.96. The van der Waals surface area contributed by atoms with E-state index < -0.39 is 5.97 Å².